The van der Waals surface area contributed by atoms with Crippen LogP contribution in [0.4, 0.5) is 8.78 Å². The fourth-order valence-corrected chi connectivity index (χ4v) is 3.90. The molecule has 1 aliphatic rings. The van der Waals surface area contributed by atoms with Crippen molar-refractivity contribution in [3.63, 3.8) is 0 Å². The van der Waals surface area contributed by atoms with E-state index in [0.717, 1.165) is 18.9 Å². The van der Waals surface area contributed by atoms with Gasteiger partial charge in [-0.25, -0.2) is 21.9 Å². The van der Waals surface area contributed by atoms with Gasteiger partial charge in [-0.15, -0.1) is 0 Å². The first-order valence-electron chi connectivity index (χ1n) is 6.64. The van der Waals surface area contributed by atoms with Crippen molar-refractivity contribution >= 4 is 10.0 Å². The zero-order valence-electron chi connectivity index (χ0n) is 11.3. The lowest BCUT2D eigenvalue weighted by Crippen LogP contribution is -2.33. The molecule has 3 N–H and O–H groups in total. The Hall–Kier alpha value is -1.49. The second-order valence-electron chi connectivity index (χ2n) is 4.87. The highest BCUT2D eigenvalue weighted by Crippen LogP contribution is 2.24. The van der Waals surface area contributed by atoms with Crippen LogP contribution < -0.4 is 10.5 Å². The molecule has 1 aliphatic carbocycles. The van der Waals surface area contributed by atoms with Crippen molar-refractivity contribution in [3.05, 3.63) is 29.3 Å². The fourth-order valence-electron chi connectivity index (χ4n) is 2.39. The molecule has 0 aliphatic heterocycles. The van der Waals surface area contributed by atoms with Crippen LogP contribution in [0.25, 0.3) is 0 Å². The van der Waals surface area contributed by atoms with Gasteiger partial charge in [0.1, 0.15) is 16.5 Å². The smallest absolute Gasteiger partial charge is 0.244 e. The summed E-state index contributed by atoms with van der Waals surface area (Å²) in [7, 11) is -4.09. The van der Waals surface area contributed by atoms with Gasteiger partial charge >= 0.3 is 0 Å². The summed E-state index contributed by atoms with van der Waals surface area (Å²) in [5, 5.41) is 0. The molecule has 0 bridgehead atoms. The molecule has 0 atom stereocenters. The van der Waals surface area contributed by atoms with Crippen LogP contribution in [0.15, 0.2) is 17.0 Å². The maximum Gasteiger partial charge on any atom is 0.244 e. The van der Waals surface area contributed by atoms with Crippen molar-refractivity contribution in [2.24, 2.45) is 5.73 Å². The molecule has 1 aromatic carbocycles. The van der Waals surface area contributed by atoms with Crippen molar-refractivity contribution in [2.45, 2.75) is 36.6 Å². The van der Waals surface area contributed by atoms with Crippen molar-refractivity contribution in [3.8, 4) is 11.8 Å². The van der Waals surface area contributed by atoms with E-state index in [1.165, 1.54) is 0 Å². The second kappa shape index (κ2) is 6.52. The van der Waals surface area contributed by atoms with Gasteiger partial charge in [0, 0.05) is 12.1 Å². The molecule has 4 nitrogen and oxygen atoms in total. The van der Waals surface area contributed by atoms with E-state index in [9.17, 15) is 17.2 Å². The molecule has 0 amide bonds. The third-order valence-corrected chi connectivity index (χ3v) is 4.88. The van der Waals surface area contributed by atoms with Crippen LogP contribution in [0.1, 0.15) is 31.2 Å². The van der Waals surface area contributed by atoms with Gasteiger partial charge in [0.05, 0.1) is 12.1 Å². The second-order valence-corrected chi connectivity index (χ2v) is 6.52. The molecule has 1 saturated carbocycles. The van der Waals surface area contributed by atoms with Gasteiger partial charge in [0.2, 0.25) is 10.0 Å². The highest BCUT2D eigenvalue weighted by Gasteiger charge is 2.28. The van der Waals surface area contributed by atoms with E-state index in [-0.39, 0.29) is 18.2 Å². The van der Waals surface area contributed by atoms with E-state index < -0.39 is 26.6 Å². The number of nitrogens with one attached hydrogen (secondary N) is 1. The molecule has 0 radical (unpaired) electrons. The van der Waals surface area contributed by atoms with Crippen LogP contribution in [0.3, 0.4) is 0 Å². The molecule has 7 heteroatoms. The van der Waals surface area contributed by atoms with Crippen LogP contribution >= 0.6 is 0 Å². The normalized spacial score (nSPS) is 15.8. The number of halogens is 2. The SMILES string of the molecule is NCC#Cc1cc(F)cc(F)c1S(=O)(=O)NC1CCCC1. The standard InChI is InChI=1S/C14H16F2N2O2S/c15-11-8-10(4-3-7-17)14(13(16)9-11)21(19,20)18-12-5-1-2-6-12/h8-9,12,18H,1-2,5-7,17H2. The predicted octanol–water partition coefficient (Wildman–Crippen LogP) is 1.50. The topological polar surface area (TPSA) is 72.2 Å². The average molecular weight is 314 g/mol. The zero-order valence-corrected chi connectivity index (χ0v) is 12.1. The lowest BCUT2D eigenvalue weighted by atomic mass is 10.2. The molecule has 0 spiro atoms. The monoisotopic (exact) mass is 314 g/mol. The predicted molar refractivity (Wildman–Crippen MR) is 74.9 cm³/mol. The number of benzene rings is 1. The molecule has 1 fully saturated rings. The quantitative estimate of drug-likeness (QED) is 0.831. The van der Waals surface area contributed by atoms with Gasteiger partial charge in [0.25, 0.3) is 0 Å². The maximum atomic E-state index is 13.9. The Morgan fingerprint density at radius 2 is 1.95 bits per heavy atom. The van der Waals surface area contributed by atoms with Crippen molar-refractivity contribution in [2.75, 3.05) is 6.54 Å². The summed E-state index contributed by atoms with van der Waals surface area (Å²) in [5.41, 5.74) is 5.00. The highest BCUT2D eigenvalue weighted by molar-refractivity contribution is 7.89. The maximum absolute atomic E-state index is 13.9. The molecule has 0 unspecified atom stereocenters. The average Bonchev–Trinajstić information content (AvgIpc) is 2.86. The highest BCUT2D eigenvalue weighted by atomic mass is 32.2. The largest absolute Gasteiger partial charge is 0.320 e. The summed E-state index contributed by atoms with van der Waals surface area (Å²) < 4.78 is 54.3. The number of sulfonamides is 1. The molecule has 0 heterocycles. The van der Waals surface area contributed by atoms with E-state index in [0.29, 0.717) is 18.9 Å². The summed E-state index contributed by atoms with van der Waals surface area (Å²) in [4.78, 5) is -0.614. The van der Waals surface area contributed by atoms with Gasteiger partial charge < -0.3 is 5.73 Å². The molecule has 114 valence electrons. The van der Waals surface area contributed by atoms with E-state index in [4.69, 9.17) is 5.73 Å². The Morgan fingerprint density at radius 1 is 1.29 bits per heavy atom. The van der Waals surface area contributed by atoms with Crippen LogP contribution in [0.2, 0.25) is 0 Å². The Labute approximate surface area is 122 Å². The number of hydrogen-bond acceptors (Lipinski definition) is 3. The summed E-state index contributed by atoms with van der Waals surface area (Å²) in [6.07, 6.45) is 3.29. The molecular weight excluding hydrogens is 298 g/mol. The first-order valence-corrected chi connectivity index (χ1v) is 8.12. The third-order valence-electron chi connectivity index (χ3n) is 3.28. The van der Waals surface area contributed by atoms with Gasteiger partial charge in [-0.05, 0) is 18.9 Å². The molecule has 2 rings (SSSR count). The van der Waals surface area contributed by atoms with Crippen LogP contribution in [0.5, 0.6) is 0 Å². The minimum absolute atomic E-state index is 0.0341. The molecule has 21 heavy (non-hydrogen) atoms. The Balaban J connectivity index is 2.45. The van der Waals surface area contributed by atoms with Crippen LogP contribution in [-0.4, -0.2) is 21.0 Å². The third kappa shape index (κ3) is 3.79. The lowest BCUT2D eigenvalue weighted by molar-refractivity contribution is 0.528. The zero-order chi connectivity index (χ0) is 15.5. The fraction of sp³-hybridized carbons (Fsp3) is 0.429. The van der Waals surface area contributed by atoms with Crippen molar-refractivity contribution in [1.29, 1.82) is 0 Å². The Bertz CT molecular complexity index is 687. The van der Waals surface area contributed by atoms with Crippen LogP contribution in [0, 0.1) is 23.5 Å². The summed E-state index contributed by atoms with van der Waals surface area (Å²) >= 11 is 0. The Morgan fingerprint density at radius 3 is 2.57 bits per heavy atom. The minimum atomic E-state index is -4.09. The molecule has 0 aromatic heterocycles. The van der Waals surface area contributed by atoms with Gasteiger partial charge in [-0.2, -0.15) is 0 Å². The van der Waals surface area contributed by atoms with Crippen molar-refractivity contribution in [1.82, 2.24) is 4.72 Å². The van der Waals surface area contributed by atoms with Gasteiger partial charge in [0.15, 0.2) is 0 Å². The molecule has 0 saturated heterocycles. The first-order chi connectivity index (χ1) is 9.94. The molecular formula is C14H16F2N2O2S. The van der Waals surface area contributed by atoms with Crippen LogP contribution in [-0.2, 0) is 10.0 Å². The van der Waals surface area contributed by atoms with E-state index in [2.05, 4.69) is 16.6 Å². The first kappa shape index (κ1) is 15.9. The summed E-state index contributed by atoms with van der Waals surface area (Å²) in [5.74, 6) is 2.80. The minimum Gasteiger partial charge on any atom is -0.320 e. The summed E-state index contributed by atoms with van der Waals surface area (Å²) in [6.45, 7) is -0.0341. The number of nitrogens with two attached hydrogens (primary N) is 1. The molecule has 1 aromatic rings. The van der Waals surface area contributed by atoms with Crippen molar-refractivity contribution < 1.29 is 17.2 Å². The van der Waals surface area contributed by atoms with E-state index in [1.54, 1.807) is 0 Å². The number of rotatable bonds is 3. The Kier molecular flexibility index (Phi) is 4.93. The van der Waals surface area contributed by atoms with Gasteiger partial charge in [-0.3, -0.25) is 0 Å². The van der Waals surface area contributed by atoms with E-state index in [1.807, 2.05) is 0 Å². The summed E-state index contributed by atoms with van der Waals surface area (Å²) in [6, 6.07) is 1.22. The lowest BCUT2D eigenvalue weighted by Gasteiger charge is -2.14. The number of hydrogen-bond donors (Lipinski definition) is 2. The van der Waals surface area contributed by atoms with Gasteiger partial charge in [-0.1, -0.05) is 24.7 Å². The van der Waals surface area contributed by atoms with E-state index >= 15 is 0 Å².